The van der Waals surface area contributed by atoms with Crippen LogP contribution in [0.2, 0.25) is 0 Å². The highest BCUT2D eigenvalue weighted by Gasteiger charge is 2.24. The number of rotatable bonds is 6. The van der Waals surface area contributed by atoms with Crippen molar-refractivity contribution in [1.82, 2.24) is 4.98 Å². The lowest BCUT2D eigenvalue weighted by atomic mass is 9.98. The number of ether oxygens (including phenoxy) is 1. The van der Waals surface area contributed by atoms with E-state index in [1.165, 1.54) is 0 Å². The molecule has 162 valence electrons. The van der Waals surface area contributed by atoms with Crippen LogP contribution in [0, 0.1) is 13.8 Å². The number of anilines is 1. The number of aryl methyl sites for hydroxylation is 2. The fourth-order valence-corrected chi connectivity index (χ4v) is 3.81. The van der Waals surface area contributed by atoms with E-state index in [0.29, 0.717) is 12.0 Å². The van der Waals surface area contributed by atoms with Gasteiger partial charge in [-0.25, -0.2) is 4.79 Å². The molecule has 5 nitrogen and oxygen atoms in total. The maximum atomic E-state index is 13.1. The molecule has 0 unspecified atom stereocenters. The zero-order chi connectivity index (χ0) is 22.7. The minimum atomic E-state index is -0.941. The summed E-state index contributed by atoms with van der Waals surface area (Å²) in [7, 11) is 0. The summed E-state index contributed by atoms with van der Waals surface area (Å²) in [6.07, 6.45) is -0.235. The first-order valence-corrected chi connectivity index (χ1v) is 10.7. The van der Waals surface area contributed by atoms with E-state index in [1.807, 2.05) is 63.2 Å². The summed E-state index contributed by atoms with van der Waals surface area (Å²) in [4.78, 5) is 30.7. The molecule has 0 saturated heterocycles. The molecule has 0 aliphatic heterocycles. The van der Waals surface area contributed by atoms with E-state index < -0.39 is 12.1 Å². The number of carbonyl (C=O) groups is 2. The van der Waals surface area contributed by atoms with Crippen molar-refractivity contribution in [3.63, 3.8) is 0 Å². The van der Waals surface area contributed by atoms with Gasteiger partial charge >= 0.3 is 5.97 Å². The van der Waals surface area contributed by atoms with E-state index >= 15 is 0 Å². The van der Waals surface area contributed by atoms with E-state index in [4.69, 9.17) is 4.74 Å². The molecule has 0 bridgehead atoms. The lowest BCUT2D eigenvalue weighted by molar-refractivity contribution is -0.123. The number of benzene rings is 2. The Hall–Kier alpha value is -3.21. The number of hydrogen-bond acceptors (Lipinski definition) is 4. The van der Waals surface area contributed by atoms with Crippen molar-refractivity contribution in [3.8, 4) is 0 Å². The third kappa shape index (κ3) is 4.61. The number of nitrogens with one attached hydrogen (secondary N) is 1. The SMILES string of the molecule is CCc1nc2ccccc2c(C(=O)O[C@@H](C)C(=O)Nc2c(C)cccc2C(C)C)c1C. The quantitative estimate of drug-likeness (QED) is 0.520. The molecule has 3 aromatic rings. The third-order valence-corrected chi connectivity index (χ3v) is 5.60. The Morgan fingerprint density at radius 1 is 1.03 bits per heavy atom. The van der Waals surface area contributed by atoms with Crippen molar-refractivity contribution in [2.24, 2.45) is 0 Å². The van der Waals surface area contributed by atoms with Crippen LogP contribution in [0.4, 0.5) is 5.69 Å². The average molecular weight is 419 g/mol. The molecule has 1 N–H and O–H groups in total. The maximum Gasteiger partial charge on any atom is 0.339 e. The van der Waals surface area contributed by atoms with Crippen molar-refractivity contribution >= 4 is 28.5 Å². The van der Waals surface area contributed by atoms with Crippen LogP contribution >= 0.6 is 0 Å². The minimum absolute atomic E-state index is 0.256. The van der Waals surface area contributed by atoms with Crippen molar-refractivity contribution in [2.45, 2.75) is 60.0 Å². The molecule has 1 atom stereocenters. The molecule has 0 aliphatic rings. The monoisotopic (exact) mass is 418 g/mol. The van der Waals surface area contributed by atoms with E-state index in [0.717, 1.165) is 39.0 Å². The molecule has 0 fully saturated rings. The second-order valence-electron chi connectivity index (χ2n) is 8.16. The highest BCUT2D eigenvalue weighted by Crippen LogP contribution is 2.28. The predicted octanol–water partition coefficient (Wildman–Crippen LogP) is 5.72. The van der Waals surface area contributed by atoms with Crippen LogP contribution in [-0.2, 0) is 16.0 Å². The van der Waals surface area contributed by atoms with Gasteiger partial charge in [0, 0.05) is 16.8 Å². The number of para-hydroxylation sites is 2. The molecule has 3 rings (SSSR count). The average Bonchev–Trinajstić information content (AvgIpc) is 2.74. The number of nitrogens with zero attached hydrogens (tertiary/aromatic N) is 1. The van der Waals surface area contributed by atoms with Crippen molar-refractivity contribution < 1.29 is 14.3 Å². The van der Waals surface area contributed by atoms with E-state index in [-0.39, 0.29) is 11.8 Å². The summed E-state index contributed by atoms with van der Waals surface area (Å²) in [5, 5.41) is 3.69. The highest BCUT2D eigenvalue weighted by atomic mass is 16.5. The van der Waals surface area contributed by atoms with Gasteiger partial charge in [0.2, 0.25) is 0 Å². The van der Waals surface area contributed by atoms with Crippen molar-refractivity contribution in [3.05, 3.63) is 70.4 Å². The summed E-state index contributed by atoms with van der Waals surface area (Å²) in [5.74, 6) is -0.607. The molecule has 1 amide bonds. The smallest absolute Gasteiger partial charge is 0.339 e. The van der Waals surface area contributed by atoms with Crippen LogP contribution in [0.3, 0.4) is 0 Å². The lowest BCUT2D eigenvalue weighted by Gasteiger charge is -2.20. The van der Waals surface area contributed by atoms with Gasteiger partial charge in [0.05, 0.1) is 11.1 Å². The number of fused-ring (bicyclic) bond motifs is 1. The van der Waals surface area contributed by atoms with Gasteiger partial charge in [-0.3, -0.25) is 9.78 Å². The Morgan fingerprint density at radius 3 is 2.42 bits per heavy atom. The summed E-state index contributed by atoms with van der Waals surface area (Å²) in [6, 6.07) is 13.4. The Morgan fingerprint density at radius 2 is 1.74 bits per heavy atom. The first kappa shape index (κ1) is 22.5. The fourth-order valence-electron chi connectivity index (χ4n) is 3.81. The van der Waals surface area contributed by atoms with Crippen LogP contribution in [0.5, 0.6) is 0 Å². The molecular formula is C26H30N2O3. The minimum Gasteiger partial charge on any atom is -0.449 e. The molecule has 31 heavy (non-hydrogen) atoms. The van der Waals surface area contributed by atoms with Crippen LogP contribution in [-0.4, -0.2) is 23.0 Å². The third-order valence-electron chi connectivity index (χ3n) is 5.60. The molecule has 0 saturated carbocycles. The van der Waals surface area contributed by atoms with Crippen LogP contribution in [0.25, 0.3) is 10.9 Å². The fraction of sp³-hybridized carbons (Fsp3) is 0.346. The number of pyridine rings is 1. The summed E-state index contributed by atoms with van der Waals surface area (Å²) < 4.78 is 5.62. The molecule has 5 heteroatoms. The lowest BCUT2D eigenvalue weighted by Crippen LogP contribution is -2.31. The van der Waals surface area contributed by atoms with Gasteiger partial charge in [-0.15, -0.1) is 0 Å². The Labute approximate surface area is 183 Å². The number of carbonyl (C=O) groups excluding carboxylic acids is 2. The second-order valence-corrected chi connectivity index (χ2v) is 8.16. The molecule has 0 spiro atoms. The molecule has 0 radical (unpaired) electrons. The molecule has 1 heterocycles. The van der Waals surface area contributed by atoms with Gasteiger partial charge in [0.15, 0.2) is 6.10 Å². The highest BCUT2D eigenvalue weighted by molar-refractivity contribution is 6.06. The molecule has 2 aromatic carbocycles. The Bertz CT molecular complexity index is 1130. The van der Waals surface area contributed by atoms with Crippen molar-refractivity contribution in [2.75, 3.05) is 5.32 Å². The zero-order valence-corrected chi connectivity index (χ0v) is 19.1. The topological polar surface area (TPSA) is 68.3 Å². The van der Waals surface area contributed by atoms with Crippen LogP contribution < -0.4 is 5.32 Å². The van der Waals surface area contributed by atoms with Gasteiger partial charge in [0.1, 0.15) is 0 Å². The van der Waals surface area contributed by atoms with Crippen LogP contribution in [0.1, 0.15) is 66.4 Å². The zero-order valence-electron chi connectivity index (χ0n) is 19.1. The number of amides is 1. The molecule has 1 aromatic heterocycles. The second kappa shape index (κ2) is 9.29. The van der Waals surface area contributed by atoms with Gasteiger partial charge in [-0.05, 0) is 55.9 Å². The van der Waals surface area contributed by atoms with E-state index in [1.54, 1.807) is 6.92 Å². The normalized spacial score (nSPS) is 12.1. The van der Waals surface area contributed by atoms with Gasteiger partial charge in [-0.1, -0.05) is 57.2 Å². The molecular weight excluding hydrogens is 388 g/mol. The number of hydrogen-bond donors (Lipinski definition) is 1. The number of aromatic nitrogens is 1. The van der Waals surface area contributed by atoms with Gasteiger partial charge in [0.25, 0.3) is 5.91 Å². The van der Waals surface area contributed by atoms with Gasteiger partial charge < -0.3 is 10.1 Å². The molecule has 0 aliphatic carbocycles. The van der Waals surface area contributed by atoms with Crippen molar-refractivity contribution in [1.29, 1.82) is 0 Å². The summed E-state index contributed by atoms with van der Waals surface area (Å²) >= 11 is 0. The van der Waals surface area contributed by atoms with E-state index in [2.05, 4.69) is 24.1 Å². The van der Waals surface area contributed by atoms with E-state index in [9.17, 15) is 9.59 Å². The predicted molar refractivity (Wildman–Crippen MR) is 125 cm³/mol. The Kier molecular flexibility index (Phi) is 6.74. The van der Waals surface area contributed by atoms with Gasteiger partial charge in [-0.2, -0.15) is 0 Å². The summed E-state index contributed by atoms with van der Waals surface area (Å²) in [5.41, 5.74) is 5.67. The largest absolute Gasteiger partial charge is 0.449 e. The standard InChI is InChI=1S/C26H30N2O3/c1-7-21-17(5)23(20-12-8-9-14-22(20)27-21)26(30)31-18(6)25(29)28-24-16(4)11-10-13-19(24)15(2)3/h8-15,18H,7H2,1-6H3,(H,28,29)/t18-/m0/s1. The first-order chi connectivity index (χ1) is 14.7. The van der Waals surface area contributed by atoms with Crippen LogP contribution in [0.15, 0.2) is 42.5 Å². The number of esters is 1. The summed E-state index contributed by atoms with van der Waals surface area (Å²) in [6.45, 7) is 11.6. The maximum absolute atomic E-state index is 13.1. The first-order valence-electron chi connectivity index (χ1n) is 10.7. The Balaban J connectivity index is 1.87.